The molecule has 1 aliphatic heterocycles. The lowest BCUT2D eigenvalue weighted by atomic mass is 9.96. The quantitative estimate of drug-likeness (QED) is 0.940. The number of rotatable bonds is 4. The smallest absolute Gasteiger partial charge is 0.231 e. The number of nitrogens with zero attached hydrogens (tertiary/aromatic N) is 3. The lowest BCUT2D eigenvalue weighted by Gasteiger charge is -2.32. The summed E-state index contributed by atoms with van der Waals surface area (Å²) >= 11 is 0. The van der Waals surface area contributed by atoms with Crippen molar-refractivity contribution in [3.8, 4) is 0 Å². The molecule has 0 aliphatic carbocycles. The summed E-state index contributed by atoms with van der Waals surface area (Å²) in [5.74, 6) is 1.69. The molecule has 0 spiro atoms. The molecular formula is C18H25N3O2. The summed E-state index contributed by atoms with van der Waals surface area (Å²) in [4.78, 5) is 6.66. The largest absolute Gasteiger partial charge is 0.387 e. The van der Waals surface area contributed by atoms with Gasteiger partial charge in [0, 0.05) is 13.1 Å². The fourth-order valence-corrected chi connectivity index (χ4v) is 3.45. The minimum atomic E-state index is -0.461. The SMILES string of the molecule is Cc1cc(C)cc(C(O)CN2CCCC(c3nc(C)no3)C2)c1. The Kier molecular flexibility index (Phi) is 4.78. The molecule has 5 heteroatoms. The highest BCUT2D eigenvalue weighted by atomic mass is 16.5. The van der Waals surface area contributed by atoms with Gasteiger partial charge in [-0.25, -0.2) is 0 Å². The Hall–Kier alpha value is -1.72. The van der Waals surface area contributed by atoms with Gasteiger partial charge in [-0.2, -0.15) is 4.98 Å². The summed E-state index contributed by atoms with van der Waals surface area (Å²) in [6.07, 6.45) is 1.69. The second-order valence-electron chi connectivity index (χ2n) is 6.72. The molecule has 2 heterocycles. The van der Waals surface area contributed by atoms with E-state index in [1.165, 1.54) is 11.1 Å². The predicted octanol–water partition coefficient (Wildman–Crippen LogP) is 2.91. The number of piperidine rings is 1. The molecule has 2 atom stereocenters. The van der Waals surface area contributed by atoms with Crippen LogP contribution in [0.5, 0.6) is 0 Å². The standard InChI is InChI=1S/C18H25N3O2/c1-12-7-13(2)9-16(8-12)17(22)11-21-6-4-5-15(10-21)18-19-14(3)20-23-18/h7-9,15,17,22H,4-6,10-11H2,1-3H3. The van der Waals surface area contributed by atoms with Crippen LogP contribution in [0.2, 0.25) is 0 Å². The van der Waals surface area contributed by atoms with Crippen LogP contribution in [0.4, 0.5) is 0 Å². The minimum Gasteiger partial charge on any atom is -0.387 e. The van der Waals surface area contributed by atoms with Crippen LogP contribution in [0.3, 0.4) is 0 Å². The van der Waals surface area contributed by atoms with Crippen LogP contribution >= 0.6 is 0 Å². The van der Waals surface area contributed by atoms with Crippen LogP contribution in [-0.4, -0.2) is 39.8 Å². The van der Waals surface area contributed by atoms with E-state index in [0.717, 1.165) is 37.4 Å². The van der Waals surface area contributed by atoms with Crippen molar-refractivity contribution in [3.05, 3.63) is 46.6 Å². The van der Waals surface area contributed by atoms with E-state index in [4.69, 9.17) is 4.52 Å². The van der Waals surface area contributed by atoms with Gasteiger partial charge in [-0.05, 0) is 45.7 Å². The Morgan fingerprint density at radius 1 is 1.26 bits per heavy atom. The van der Waals surface area contributed by atoms with Crippen LogP contribution in [0.15, 0.2) is 22.7 Å². The maximum Gasteiger partial charge on any atom is 0.231 e. The third-order valence-electron chi connectivity index (χ3n) is 4.46. The molecule has 1 aliphatic rings. The van der Waals surface area contributed by atoms with Gasteiger partial charge in [0.1, 0.15) is 0 Å². The highest BCUT2D eigenvalue weighted by molar-refractivity contribution is 5.30. The highest BCUT2D eigenvalue weighted by Crippen LogP contribution is 2.27. The Labute approximate surface area is 137 Å². The van der Waals surface area contributed by atoms with Gasteiger partial charge in [-0.15, -0.1) is 0 Å². The molecule has 1 saturated heterocycles. The molecule has 23 heavy (non-hydrogen) atoms. The number of likely N-dealkylation sites (tertiary alicyclic amines) is 1. The second kappa shape index (κ2) is 6.81. The van der Waals surface area contributed by atoms with Gasteiger partial charge in [-0.1, -0.05) is 34.5 Å². The number of aromatic nitrogens is 2. The first-order chi connectivity index (χ1) is 11.0. The van der Waals surface area contributed by atoms with E-state index >= 15 is 0 Å². The highest BCUT2D eigenvalue weighted by Gasteiger charge is 2.27. The van der Waals surface area contributed by atoms with Gasteiger partial charge < -0.3 is 9.63 Å². The molecule has 0 amide bonds. The molecule has 0 bridgehead atoms. The van der Waals surface area contributed by atoms with Crippen LogP contribution < -0.4 is 0 Å². The first-order valence-corrected chi connectivity index (χ1v) is 8.30. The van der Waals surface area contributed by atoms with E-state index in [0.29, 0.717) is 12.4 Å². The van der Waals surface area contributed by atoms with Gasteiger partial charge in [0.05, 0.1) is 12.0 Å². The van der Waals surface area contributed by atoms with Crippen molar-refractivity contribution >= 4 is 0 Å². The Morgan fingerprint density at radius 2 is 2.00 bits per heavy atom. The first-order valence-electron chi connectivity index (χ1n) is 8.30. The molecule has 3 rings (SSSR count). The molecule has 1 N–H and O–H groups in total. The molecule has 2 unspecified atom stereocenters. The molecular weight excluding hydrogens is 290 g/mol. The fraction of sp³-hybridized carbons (Fsp3) is 0.556. The van der Waals surface area contributed by atoms with Gasteiger partial charge in [-0.3, -0.25) is 4.90 Å². The van der Waals surface area contributed by atoms with Crippen molar-refractivity contribution in [2.24, 2.45) is 0 Å². The number of hydrogen-bond acceptors (Lipinski definition) is 5. The zero-order valence-electron chi connectivity index (χ0n) is 14.1. The van der Waals surface area contributed by atoms with Crippen molar-refractivity contribution in [1.29, 1.82) is 0 Å². The minimum absolute atomic E-state index is 0.274. The molecule has 2 aromatic rings. The summed E-state index contributed by atoms with van der Waals surface area (Å²) in [6.45, 7) is 8.50. The van der Waals surface area contributed by atoms with Gasteiger partial charge in [0.15, 0.2) is 5.82 Å². The molecule has 0 saturated carbocycles. The van der Waals surface area contributed by atoms with Gasteiger partial charge in [0.25, 0.3) is 0 Å². The number of β-amino-alcohol motifs (C(OH)–C–C–N with tert-alkyl or cyclic N) is 1. The number of benzene rings is 1. The number of hydrogen-bond donors (Lipinski definition) is 1. The average Bonchev–Trinajstić information content (AvgIpc) is 2.93. The molecule has 124 valence electrons. The maximum atomic E-state index is 10.6. The average molecular weight is 315 g/mol. The molecule has 5 nitrogen and oxygen atoms in total. The van der Waals surface area contributed by atoms with Crippen LogP contribution in [0, 0.1) is 20.8 Å². The van der Waals surface area contributed by atoms with E-state index < -0.39 is 6.10 Å². The Morgan fingerprint density at radius 3 is 2.65 bits per heavy atom. The summed E-state index contributed by atoms with van der Waals surface area (Å²) in [7, 11) is 0. The van der Waals surface area contributed by atoms with Crippen LogP contribution in [-0.2, 0) is 0 Å². The lowest BCUT2D eigenvalue weighted by Crippen LogP contribution is -2.37. The zero-order chi connectivity index (χ0) is 16.4. The monoisotopic (exact) mass is 315 g/mol. The van der Waals surface area contributed by atoms with E-state index in [1.54, 1.807) is 0 Å². The Bertz CT molecular complexity index is 648. The van der Waals surface area contributed by atoms with Crippen molar-refractivity contribution < 1.29 is 9.63 Å². The van der Waals surface area contributed by atoms with Crippen LogP contribution in [0.25, 0.3) is 0 Å². The van der Waals surface area contributed by atoms with Crippen molar-refractivity contribution in [2.75, 3.05) is 19.6 Å². The van der Waals surface area contributed by atoms with Crippen molar-refractivity contribution in [1.82, 2.24) is 15.0 Å². The van der Waals surface area contributed by atoms with Crippen molar-refractivity contribution in [2.45, 2.75) is 45.6 Å². The number of aliphatic hydroxyl groups excluding tert-OH is 1. The number of aliphatic hydroxyl groups is 1. The fourth-order valence-electron chi connectivity index (χ4n) is 3.45. The van der Waals surface area contributed by atoms with Gasteiger partial charge >= 0.3 is 0 Å². The maximum absolute atomic E-state index is 10.6. The third-order valence-corrected chi connectivity index (χ3v) is 4.46. The van der Waals surface area contributed by atoms with Crippen LogP contribution in [0.1, 0.15) is 53.3 Å². The molecule has 1 aromatic carbocycles. The first kappa shape index (κ1) is 16.1. The third kappa shape index (κ3) is 3.98. The number of aryl methyl sites for hydroxylation is 3. The van der Waals surface area contributed by atoms with Gasteiger partial charge in [0.2, 0.25) is 5.89 Å². The topological polar surface area (TPSA) is 62.4 Å². The predicted molar refractivity (Wildman–Crippen MR) is 88.3 cm³/mol. The lowest BCUT2D eigenvalue weighted by molar-refractivity contribution is 0.0910. The van der Waals surface area contributed by atoms with E-state index in [1.807, 2.05) is 6.92 Å². The Balaban J connectivity index is 1.65. The second-order valence-corrected chi connectivity index (χ2v) is 6.72. The molecule has 0 radical (unpaired) electrons. The normalized spacial score (nSPS) is 20.6. The summed E-state index contributed by atoms with van der Waals surface area (Å²) in [5, 5.41) is 14.5. The van der Waals surface area contributed by atoms with E-state index in [2.05, 4.69) is 47.1 Å². The van der Waals surface area contributed by atoms with Crippen molar-refractivity contribution in [3.63, 3.8) is 0 Å². The molecule has 1 fully saturated rings. The van der Waals surface area contributed by atoms with E-state index in [9.17, 15) is 5.11 Å². The summed E-state index contributed by atoms with van der Waals surface area (Å²) < 4.78 is 5.32. The van der Waals surface area contributed by atoms with E-state index in [-0.39, 0.29) is 5.92 Å². The summed E-state index contributed by atoms with van der Waals surface area (Å²) in [5.41, 5.74) is 3.38. The molecule has 1 aromatic heterocycles. The summed E-state index contributed by atoms with van der Waals surface area (Å²) in [6, 6.07) is 6.27. The zero-order valence-corrected chi connectivity index (χ0v) is 14.1.